The van der Waals surface area contributed by atoms with Crippen LogP contribution in [0, 0.1) is 0 Å². The molecule has 2 unspecified atom stereocenters. The fourth-order valence-electron chi connectivity index (χ4n) is 3.57. The van der Waals surface area contributed by atoms with E-state index in [1.54, 1.807) is 0 Å². The number of unbranched alkanes of at least 4 members (excludes halogenated alkanes) is 8. The predicted molar refractivity (Wildman–Crippen MR) is 119 cm³/mol. The number of carboxylic acid groups (broad SMARTS) is 1. The van der Waals surface area contributed by atoms with Crippen LogP contribution in [0.25, 0.3) is 0 Å². The summed E-state index contributed by atoms with van der Waals surface area (Å²) in [5.74, 6) is -0.680. The number of aliphatic hydroxyl groups is 1. The van der Waals surface area contributed by atoms with Crippen molar-refractivity contribution in [2.75, 3.05) is 0 Å². The lowest BCUT2D eigenvalue weighted by atomic mass is 10.0. The summed E-state index contributed by atoms with van der Waals surface area (Å²) < 4.78 is 6.17. The van der Waals surface area contributed by atoms with Crippen molar-refractivity contribution in [1.29, 1.82) is 0 Å². The first-order valence-corrected chi connectivity index (χ1v) is 11.7. The number of hydrogen-bond donors (Lipinski definition) is 2. The van der Waals surface area contributed by atoms with Crippen molar-refractivity contribution in [2.45, 2.75) is 116 Å². The average molecular weight is 407 g/mol. The molecule has 0 fully saturated rings. The summed E-state index contributed by atoms with van der Waals surface area (Å²) in [4.78, 5) is 10.5. The van der Waals surface area contributed by atoms with Gasteiger partial charge >= 0.3 is 5.97 Å². The molecular weight excluding hydrogens is 364 g/mol. The molecule has 0 bridgehead atoms. The molecule has 4 heteroatoms. The largest absolute Gasteiger partial charge is 0.481 e. The van der Waals surface area contributed by atoms with Crippen LogP contribution < -0.4 is 0 Å². The molecule has 29 heavy (non-hydrogen) atoms. The molecule has 2 atom stereocenters. The molecule has 1 aromatic carbocycles. The fourth-order valence-corrected chi connectivity index (χ4v) is 3.57. The first kappa shape index (κ1) is 25.6. The van der Waals surface area contributed by atoms with Gasteiger partial charge in [0.15, 0.2) is 0 Å². The molecule has 0 heterocycles. The summed E-state index contributed by atoms with van der Waals surface area (Å²) in [7, 11) is 0. The Kier molecular flexibility index (Phi) is 15.4. The molecule has 0 aliphatic heterocycles. The zero-order chi connectivity index (χ0) is 21.2. The third kappa shape index (κ3) is 15.2. The van der Waals surface area contributed by atoms with Crippen LogP contribution in [-0.2, 0) is 16.1 Å². The van der Waals surface area contributed by atoms with E-state index in [-0.39, 0.29) is 12.2 Å². The third-order valence-electron chi connectivity index (χ3n) is 5.54. The van der Waals surface area contributed by atoms with Crippen LogP contribution in [0.2, 0.25) is 0 Å². The Morgan fingerprint density at radius 2 is 1.45 bits per heavy atom. The first-order chi connectivity index (χ1) is 14.1. The van der Waals surface area contributed by atoms with Gasteiger partial charge in [0.2, 0.25) is 0 Å². The predicted octanol–water partition coefficient (Wildman–Crippen LogP) is 6.50. The van der Waals surface area contributed by atoms with Gasteiger partial charge in [-0.3, -0.25) is 4.79 Å². The lowest BCUT2D eigenvalue weighted by Gasteiger charge is -2.19. The van der Waals surface area contributed by atoms with E-state index in [1.165, 1.54) is 44.1 Å². The Balaban J connectivity index is 2.11. The van der Waals surface area contributed by atoms with Gasteiger partial charge in [-0.15, -0.1) is 0 Å². The second-order valence-corrected chi connectivity index (χ2v) is 8.17. The van der Waals surface area contributed by atoms with Gasteiger partial charge in [0.1, 0.15) is 0 Å². The Morgan fingerprint density at radius 3 is 2.03 bits per heavy atom. The summed E-state index contributed by atoms with van der Waals surface area (Å²) in [5, 5.41) is 18.5. The minimum absolute atomic E-state index is 0.215. The molecule has 0 aliphatic rings. The van der Waals surface area contributed by atoms with Crippen LogP contribution in [-0.4, -0.2) is 28.4 Å². The molecule has 0 radical (unpaired) electrons. The van der Waals surface area contributed by atoms with Crippen molar-refractivity contribution in [3.05, 3.63) is 35.9 Å². The van der Waals surface area contributed by atoms with E-state index < -0.39 is 5.97 Å². The van der Waals surface area contributed by atoms with E-state index in [0.29, 0.717) is 13.0 Å². The van der Waals surface area contributed by atoms with Crippen molar-refractivity contribution in [1.82, 2.24) is 0 Å². The molecule has 0 amide bonds. The van der Waals surface area contributed by atoms with E-state index in [9.17, 15) is 9.90 Å². The molecule has 166 valence electrons. The number of benzene rings is 1. The van der Waals surface area contributed by atoms with E-state index in [0.717, 1.165) is 44.9 Å². The van der Waals surface area contributed by atoms with Crippen LogP contribution in [0.5, 0.6) is 0 Å². The van der Waals surface area contributed by atoms with Crippen molar-refractivity contribution in [2.24, 2.45) is 0 Å². The molecule has 0 aliphatic carbocycles. The lowest BCUT2D eigenvalue weighted by molar-refractivity contribution is -0.137. The van der Waals surface area contributed by atoms with Gasteiger partial charge in [-0.25, -0.2) is 0 Å². The minimum atomic E-state index is -0.680. The molecule has 0 aromatic heterocycles. The van der Waals surface area contributed by atoms with Gasteiger partial charge in [0.25, 0.3) is 0 Å². The molecule has 0 saturated carbocycles. The highest BCUT2D eigenvalue weighted by Crippen LogP contribution is 2.18. The maximum Gasteiger partial charge on any atom is 0.303 e. The molecule has 2 N–H and O–H groups in total. The van der Waals surface area contributed by atoms with Crippen LogP contribution in [0.4, 0.5) is 0 Å². The van der Waals surface area contributed by atoms with Crippen LogP contribution >= 0.6 is 0 Å². The summed E-state index contributed by atoms with van der Waals surface area (Å²) in [6, 6.07) is 10.3. The highest BCUT2D eigenvalue weighted by Gasteiger charge is 2.12. The number of aliphatic hydroxyl groups excluding tert-OH is 1. The van der Waals surface area contributed by atoms with Gasteiger partial charge in [0, 0.05) is 6.42 Å². The van der Waals surface area contributed by atoms with E-state index in [4.69, 9.17) is 9.84 Å². The van der Waals surface area contributed by atoms with Crippen LogP contribution in [0.15, 0.2) is 30.3 Å². The van der Waals surface area contributed by atoms with Gasteiger partial charge < -0.3 is 14.9 Å². The lowest BCUT2D eigenvalue weighted by Crippen LogP contribution is -2.16. The Bertz CT molecular complexity index is 503. The van der Waals surface area contributed by atoms with Gasteiger partial charge in [-0.2, -0.15) is 0 Å². The molecule has 4 nitrogen and oxygen atoms in total. The van der Waals surface area contributed by atoms with Crippen molar-refractivity contribution in [3.63, 3.8) is 0 Å². The topological polar surface area (TPSA) is 66.8 Å². The summed E-state index contributed by atoms with van der Waals surface area (Å²) in [6.07, 6.45) is 14.4. The zero-order valence-electron chi connectivity index (χ0n) is 18.4. The monoisotopic (exact) mass is 406 g/mol. The average Bonchev–Trinajstić information content (AvgIpc) is 2.73. The van der Waals surface area contributed by atoms with Gasteiger partial charge in [0.05, 0.1) is 18.8 Å². The maximum absolute atomic E-state index is 10.5. The summed E-state index contributed by atoms with van der Waals surface area (Å²) >= 11 is 0. The van der Waals surface area contributed by atoms with Gasteiger partial charge in [-0.1, -0.05) is 88.6 Å². The number of ether oxygens (including phenoxy) is 1. The second-order valence-electron chi connectivity index (χ2n) is 8.17. The number of aliphatic carboxylic acids is 1. The quantitative estimate of drug-likeness (QED) is 0.257. The first-order valence-electron chi connectivity index (χ1n) is 11.7. The van der Waals surface area contributed by atoms with Crippen molar-refractivity contribution in [3.8, 4) is 0 Å². The van der Waals surface area contributed by atoms with E-state index >= 15 is 0 Å². The van der Waals surface area contributed by atoms with Crippen molar-refractivity contribution < 1.29 is 19.7 Å². The summed E-state index contributed by atoms with van der Waals surface area (Å²) in [5.41, 5.74) is 1.21. The fraction of sp³-hybridized carbons (Fsp3) is 0.720. The number of hydrogen-bond acceptors (Lipinski definition) is 3. The Morgan fingerprint density at radius 1 is 0.862 bits per heavy atom. The van der Waals surface area contributed by atoms with E-state index in [2.05, 4.69) is 12.1 Å². The maximum atomic E-state index is 10.5. The third-order valence-corrected chi connectivity index (χ3v) is 5.54. The molecular formula is C25H42O4. The van der Waals surface area contributed by atoms with Crippen LogP contribution in [0.1, 0.15) is 102 Å². The van der Waals surface area contributed by atoms with Crippen LogP contribution in [0.3, 0.4) is 0 Å². The Hall–Kier alpha value is -1.39. The van der Waals surface area contributed by atoms with E-state index in [1.807, 2.05) is 25.1 Å². The van der Waals surface area contributed by atoms with Gasteiger partial charge in [-0.05, 0) is 37.7 Å². The second kappa shape index (κ2) is 17.5. The number of carbonyl (C=O) groups is 1. The zero-order valence-corrected chi connectivity index (χ0v) is 18.4. The Labute approximate surface area is 177 Å². The standard InChI is InChI=1S/C25H42O4/c1-2-23(26)19-20-24(29-21-22-15-11-10-12-16-22)17-13-8-6-4-3-5-7-9-14-18-25(27)28/h10-12,15-16,23-24,26H,2-9,13-14,17-21H2,1H3,(H,27,28). The molecule has 0 spiro atoms. The molecule has 0 saturated heterocycles. The smallest absolute Gasteiger partial charge is 0.303 e. The normalized spacial score (nSPS) is 13.3. The SMILES string of the molecule is CCC(O)CCC(CCCCCCCCCCCC(=O)O)OCc1ccccc1. The highest BCUT2D eigenvalue weighted by molar-refractivity contribution is 5.66. The molecule has 1 rings (SSSR count). The number of carboxylic acids is 1. The number of rotatable bonds is 19. The van der Waals surface area contributed by atoms with Crippen molar-refractivity contribution >= 4 is 5.97 Å². The minimum Gasteiger partial charge on any atom is -0.481 e. The summed E-state index contributed by atoms with van der Waals surface area (Å²) in [6.45, 7) is 2.67. The molecule has 1 aromatic rings. The highest BCUT2D eigenvalue weighted by atomic mass is 16.5.